The molecule has 0 aliphatic carbocycles. The second-order valence-corrected chi connectivity index (χ2v) is 8.24. The van der Waals surface area contributed by atoms with Crippen molar-refractivity contribution in [2.45, 2.75) is 25.2 Å². The van der Waals surface area contributed by atoms with Crippen LogP contribution in [0, 0.1) is 5.95 Å². The van der Waals surface area contributed by atoms with E-state index in [4.69, 9.17) is 4.74 Å². The van der Waals surface area contributed by atoms with Gasteiger partial charge in [0.2, 0.25) is 16.2 Å². The number of ether oxygens (including phenoxy) is 2. The molecule has 3 aromatic rings. The maximum Gasteiger partial charge on any atom is 0.387 e. The van der Waals surface area contributed by atoms with Gasteiger partial charge in [-0.25, -0.2) is 0 Å². The molecule has 0 spiro atoms. The average molecular weight is 495 g/mol. The van der Waals surface area contributed by atoms with Gasteiger partial charge < -0.3 is 19.7 Å². The van der Waals surface area contributed by atoms with Gasteiger partial charge in [-0.3, -0.25) is 10.1 Å². The largest absolute Gasteiger partial charge is 0.435 e. The standard InChI is InChI=1S/C20H20F3N7O3S/c1-32-16(11-3-2-4-13(9-11)33-18(22)23)17(31)25-20-29-28-19(34-20)24-12-7-8-30(10-12)15-6-5-14(21)26-27-15/h2-6,9,12,16,18H,7-8,10H2,1H3,(H,24,28)(H,25,29,31)/t12-,16-/m1/s1. The van der Waals surface area contributed by atoms with Crippen LogP contribution in [-0.4, -0.2) is 59.2 Å². The van der Waals surface area contributed by atoms with Crippen LogP contribution >= 0.6 is 11.3 Å². The summed E-state index contributed by atoms with van der Waals surface area (Å²) in [5.41, 5.74) is 0.343. The Morgan fingerprint density at radius 3 is 2.74 bits per heavy atom. The zero-order chi connectivity index (χ0) is 24.1. The lowest BCUT2D eigenvalue weighted by Gasteiger charge is -2.16. The van der Waals surface area contributed by atoms with Crippen LogP contribution in [0.5, 0.6) is 5.75 Å². The highest BCUT2D eigenvalue weighted by molar-refractivity contribution is 7.19. The third-order valence-corrected chi connectivity index (χ3v) is 5.74. The van der Waals surface area contributed by atoms with Crippen LogP contribution in [0.25, 0.3) is 0 Å². The molecule has 0 saturated carbocycles. The zero-order valence-corrected chi connectivity index (χ0v) is 18.6. The van der Waals surface area contributed by atoms with E-state index in [1.165, 1.54) is 31.4 Å². The molecule has 0 unspecified atom stereocenters. The molecular formula is C20H20F3N7O3S. The van der Waals surface area contributed by atoms with Crippen molar-refractivity contribution in [3.05, 3.63) is 47.9 Å². The van der Waals surface area contributed by atoms with Crippen LogP contribution in [-0.2, 0) is 9.53 Å². The van der Waals surface area contributed by atoms with Crippen molar-refractivity contribution in [2.75, 3.05) is 35.7 Å². The van der Waals surface area contributed by atoms with Crippen LogP contribution < -0.4 is 20.3 Å². The van der Waals surface area contributed by atoms with E-state index in [9.17, 15) is 18.0 Å². The predicted molar refractivity (Wildman–Crippen MR) is 118 cm³/mol. The molecule has 1 aliphatic rings. The number of methoxy groups -OCH3 is 1. The van der Waals surface area contributed by atoms with Crippen LogP contribution in [0.2, 0.25) is 0 Å². The summed E-state index contributed by atoms with van der Waals surface area (Å²) >= 11 is 1.14. The predicted octanol–water partition coefficient (Wildman–Crippen LogP) is 3.09. The second-order valence-electron chi connectivity index (χ2n) is 7.26. The molecule has 34 heavy (non-hydrogen) atoms. The zero-order valence-electron chi connectivity index (χ0n) is 17.8. The Balaban J connectivity index is 1.34. The number of hydrogen-bond donors (Lipinski definition) is 2. The summed E-state index contributed by atoms with van der Waals surface area (Å²) < 4.78 is 47.6. The molecule has 1 fully saturated rings. The number of carbonyl (C=O) groups excluding carboxylic acids is 1. The van der Waals surface area contributed by atoms with Crippen LogP contribution in [0.1, 0.15) is 18.1 Å². The van der Waals surface area contributed by atoms with E-state index in [0.717, 1.165) is 17.8 Å². The Hall–Kier alpha value is -3.52. The molecule has 1 aliphatic heterocycles. The minimum atomic E-state index is -2.98. The van der Waals surface area contributed by atoms with E-state index in [1.54, 1.807) is 12.1 Å². The highest BCUT2D eigenvalue weighted by Gasteiger charge is 2.26. The highest BCUT2D eigenvalue weighted by Crippen LogP contribution is 2.27. The Morgan fingerprint density at radius 1 is 1.18 bits per heavy atom. The first-order valence-corrected chi connectivity index (χ1v) is 11.0. The van der Waals surface area contributed by atoms with Crippen molar-refractivity contribution in [3.63, 3.8) is 0 Å². The molecule has 0 radical (unpaired) electrons. The maximum absolute atomic E-state index is 13.0. The molecule has 4 rings (SSSR count). The third-order valence-electron chi connectivity index (χ3n) is 4.97. The summed E-state index contributed by atoms with van der Waals surface area (Å²) in [5.74, 6) is -0.668. The van der Waals surface area contributed by atoms with E-state index in [2.05, 4.69) is 35.8 Å². The summed E-state index contributed by atoms with van der Waals surface area (Å²) in [6.07, 6.45) is -0.273. The van der Waals surface area contributed by atoms with Gasteiger partial charge in [0.05, 0.1) is 0 Å². The van der Waals surface area contributed by atoms with Gasteiger partial charge in [-0.2, -0.15) is 13.2 Å². The Kier molecular flexibility index (Phi) is 7.37. The molecule has 1 aromatic carbocycles. The molecule has 1 amide bonds. The molecular weight excluding hydrogens is 475 g/mol. The van der Waals surface area contributed by atoms with Gasteiger partial charge in [0.1, 0.15) is 5.75 Å². The topological polar surface area (TPSA) is 114 Å². The SMILES string of the molecule is CO[C@@H](C(=O)Nc1nnc(N[C@@H]2CCN(c3ccc(F)nn3)C2)s1)c1cccc(OC(F)F)c1. The summed E-state index contributed by atoms with van der Waals surface area (Å²) in [4.78, 5) is 14.7. The van der Waals surface area contributed by atoms with E-state index < -0.39 is 24.6 Å². The number of alkyl halides is 2. The molecule has 0 bridgehead atoms. The number of aromatic nitrogens is 4. The number of benzene rings is 1. The molecule has 10 nitrogen and oxygen atoms in total. The summed E-state index contributed by atoms with van der Waals surface area (Å²) in [5, 5.41) is 21.9. The quantitative estimate of drug-likeness (QED) is 0.462. The van der Waals surface area contributed by atoms with E-state index in [0.29, 0.717) is 29.6 Å². The molecule has 3 heterocycles. The third kappa shape index (κ3) is 5.88. The van der Waals surface area contributed by atoms with Crippen LogP contribution in [0.3, 0.4) is 0 Å². The lowest BCUT2D eigenvalue weighted by molar-refractivity contribution is -0.126. The van der Waals surface area contributed by atoms with Crippen LogP contribution in [0.4, 0.5) is 29.3 Å². The number of carbonyl (C=O) groups is 1. The number of nitrogens with zero attached hydrogens (tertiary/aromatic N) is 5. The van der Waals surface area contributed by atoms with Crippen molar-refractivity contribution in [1.29, 1.82) is 0 Å². The van der Waals surface area contributed by atoms with Crippen molar-refractivity contribution in [2.24, 2.45) is 0 Å². The molecule has 14 heteroatoms. The summed E-state index contributed by atoms with van der Waals surface area (Å²) in [6, 6.07) is 8.61. The van der Waals surface area contributed by atoms with Gasteiger partial charge in [-0.15, -0.1) is 20.4 Å². The van der Waals surface area contributed by atoms with Crippen molar-refractivity contribution in [1.82, 2.24) is 20.4 Å². The average Bonchev–Trinajstić information content (AvgIpc) is 3.44. The monoisotopic (exact) mass is 495 g/mol. The van der Waals surface area contributed by atoms with Gasteiger partial charge in [-0.05, 0) is 36.2 Å². The smallest absolute Gasteiger partial charge is 0.387 e. The second kappa shape index (κ2) is 10.6. The maximum atomic E-state index is 13.0. The van der Waals surface area contributed by atoms with Gasteiger partial charge in [-0.1, -0.05) is 23.5 Å². The van der Waals surface area contributed by atoms with Gasteiger partial charge >= 0.3 is 6.61 Å². The summed E-state index contributed by atoms with van der Waals surface area (Å²) in [7, 11) is 1.33. The van der Waals surface area contributed by atoms with Crippen molar-refractivity contribution in [3.8, 4) is 5.75 Å². The first-order chi connectivity index (χ1) is 16.4. The normalized spacial score (nSPS) is 16.5. The van der Waals surface area contributed by atoms with Gasteiger partial charge in [0.15, 0.2) is 11.9 Å². The Morgan fingerprint density at radius 2 is 2.00 bits per heavy atom. The summed E-state index contributed by atoms with van der Waals surface area (Å²) in [6.45, 7) is -1.65. The molecule has 2 atom stereocenters. The van der Waals surface area contributed by atoms with E-state index in [-0.39, 0.29) is 16.9 Å². The minimum absolute atomic E-state index is 0.0488. The van der Waals surface area contributed by atoms with Crippen molar-refractivity contribution < 1.29 is 27.4 Å². The Bertz CT molecular complexity index is 1120. The van der Waals surface area contributed by atoms with E-state index in [1.807, 2.05) is 4.90 Å². The fraction of sp³-hybridized carbons (Fsp3) is 0.350. The minimum Gasteiger partial charge on any atom is -0.435 e. The highest BCUT2D eigenvalue weighted by atomic mass is 32.1. The number of rotatable bonds is 9. The lowest BCUT2D eigenvalue weighted by atomic mass is 10.1. The fourth-order valence-corrected chi connectivity index (χ4v) is 4.21. The van der Waals surface area contributed by atoms with Crippen molar-refractivity contribution >= 4 is 33.3 Å². The van der Waals surface area contributed by atoms with Crippen LogP contribution in [0.15, 0.2) is 36.4 Å². The first kappa shape index (κ1) is 23.6. The van der Waals surface area contributed by atoms with Gasteiger partial charge in [0, 0.05) is 26.2 Å². The molecule has 1 saturated heterocycles. The number of anilines is 3. The number of hydrogen-bond acceptors (Lipinski definition) is 10. The number of amides is 1. The number of halogens is 3. The van der Waals surface area contributed by atoms with E-state index >= 15 is 0 Å². The fourth-order valence-electron chi connectivity index (χ4n) is 3.49. The molecule has 180 valence electrons. The number of nitrogens with one attached hydrogen (secondary N) is 2. The first-order valence-electron chi connectivity index (χ1n) is 10.1. The van der Waals surface area contributed by atoms with Gasteiger partial charge in [0.25, 0.3) is 5.91 Å². The molecule has 2 aromatic heterocycles. The Labute approximate surface area is 196 Å². The molecule has 2 N–H and O–H groups in total. The lowest BCUT2D eigenvalue weighted by Crippen LogP contribution is -2.26.